The Labute approximate surface area is 133 Å². The van der Waals surface area contributed by atoms with Gasteiger partial charge in [-0.1, -0.05) is 13.0 Å². The Morgan fingerprint density at radius 2 is 2.32 bits per heavy atom. The Morgan fingerprint density at radius 1 is 1.50 bits per heavy atom. The van der Waals surface area contributed by atoms with Crippen LogP contribution in [0.15, 0.2) is 23.2 Å². The first-order chi connectivity index (χ1) is 10.6. The largest absolute Gasteiger partial charge is 0.370 e. The second-order valence-corrected chi connectivity index (χ2v) is 5.89. The molecular formula is C16H28N6. The molecule has 6 nitrogen and oxygen atoms in total. The molecule has 122 valence electrons. The van der Waals surface area contributed by atoms with E-state index in [-0.39, 0.29) is 0 Å². The van der Waals surface area contributed by atoms with Crippen LogP contribution >= 0.6 is 0 Å². The standard InChI is InChI=1S/C16H28N6/c1-4-22-10-6-8-14(22)12-19-16(17)18-11-13-7-5-9-15(20-13)21(2)3/h5,7,9,14H,4,6,8,10-12H2,1-3H3,(H3,17,18,19). The van der Waals surface area contributed by atoms with Crippen LogP contribution in [0, 0.1) is 0 Å². The number of pyridine rings is 1. The van der Waals surface area contributed by atoms with E-state index in [1.807, 2.05) is 37.2 Å². The molecule has 1 fully saturated rings. The highest BCUT2D eigenvalue weighted by Crippen LogP contribution is 2.15. The lowest BCUT2D eigenvalue weighted by Crippen LogP contribution is -2.42. The Hall–Kier alpha value is -1.82. The minimum Gasteiger partial charge on any atom is -0.370 e. The summed E-state index contributed by atoms with van der Waals surface area (Å²) in [7, 11) is 3.96. The maximum absolute atomic E-state index is 5.97. The molecule has 2 rings (SSSR count). The number of aromatic nitrogens is 1. The van der Waals surface area contributed by atoms with Gasteiger partial charge in [0.2, 0.25) is 0 Å². The van der Waals surface area contributed by atoms with Crippen LogP contribution in [0.3, 0.4) is 0 Å². The van der Waals surface area contributed by atoms with Gasteiger partial charge in [0.25, 0.3) is 0 Å². The third-order valence-electron chi connectivity index (χ3n) is 4.09. The van der Waals surface area contributed by atoms with E-state index >= 15 is 0 Å². The van der Waals surface area contributed by atoms with Crippen LogP contribution in [0.4, 0.5) is 5.82 Å². The Bertz CT molecular complexity index is 499. The number of aliphatic imine (C=N–C) groups is 1. The van der Waals surface area contributed by atoms with Crippen molar-refractivity contribution < 1.29 is 0 Å². The summed E-state index contributed by atoms with van der Waals surface area (Å²) in [5.41, 5.74) is 6.89. The fourth-order valence-corrected chi connectivity index (χ4v) is 2.79. The first-order valence-corrected chi connectivity index (χ1v) is 8.01. The zero-order chi connectivity index (χ0) is 15.9. The van der Waals surface area contributed by atoms with Crippen molar-refractivity contribution in [1.82, 2.24) is 15.2 Å². The fraction of sp³-hybridized carbons (Fsp3) is 0.625. The summed E-state index contributed by atoms with van der Waals surface area (Å²) in [6, 6.07) is 6.52. The highest BCUT2D eigenvalue weighted by molar-refractivity contribution is 5.77. The number of rotatable bonds is 6. The summed E-state index contributed by atoms with van der Waals surface area (Å²) in [4.78, 5) is 13.4. The minimum atomic E-state index is 0.500. The van der Waals surface area contributed by atoms with Crippen molar-refractivity contribution in [3.63, 3.8) is 0 Å². The number of hydrogen-bond donors (Lipinski definition) is 2. The van der Waals surface area contributed by atoms with E-state index in [0.717, 1.165) is 24.6 Å². The van der Waals surface area contributed by atoms with Gasteiger partial charge in [0, 0.05) is 26.7 Å². The van der Waals surface area contributed by atoms with E-state index in [0.29, 0.717) is 18.5 Å². The number of likely N-dealkylation sites (tertiary alicyclic amines) is 1. The molecule has 2 heterocycles. The normalized spacial score (nSPS) is 19.4. The highest BCUT2D eigenvalue weighted by atomic mass is 15.2. The second-order valence-electron chi connectivity index (χ2n) is 5.89. The number of guanidine groups is 1. The van der Waals surface area contributed by atoms with E-state index in [1.54, 1.807) is 0 Å². The molecule has 1 aromatic rings. The summed E-state index contributed by atoms with van der Waals surface area (Å²) in [6.45, 7) is 5.88. The molecule has 1 aliphatic rings. The predicted molar refractivity (Wildman–Crippen MR) is 92.2 cm³/mol. The molecule has 6 heteroatoms. The molecule has 1 atom stereocenters. The number of anilines is 1. The molecular weight excluding hydrogens is 276 g/mol. The molecule has 3 N–H and O–H groups in total. The van der Waals surface area contributed by atoms with Crippen molar-refractivity contribution in [3.05, 3.63) is 23.9 Å². The molecule has 0 spiro atoms. The molecule has 0 radical (unpaired) electrons. The summed E-state index contributed by atoms with van der Waals surface area (Å²) in [5.74, 6) is 1.43. The van der Waals surface area contributed by atoms with Crippen molar-refractivity contribution in [1.29, 1.82) is 0 Å². The van der Waals surface area contributed by atoms with Crippen LogP contribution in [0.5, 0.6) is 0 Å². The van der Waals surface area contributed by atoms with Gasteiger partial charge in [0.1, 0.15) is 5.82 Å². The van der Waals surface area contributed by atoms with Crippen LogP contribution in [-0.2, 0) is 6.54 Å². The van der Waals surface area contributed by atoms with Crippen molar-refractivity contribution in [2.24, 2.45) is 10.7 Å². The summed E-state index contributed by atoms with van der Waals surface area (Å²) >= 11 is 0. The molecule has 0 saturated carbocycles. The van der Waals surface area contributed by atoms with Gasteiger partial charge in [-0.15, -0.1) is 0 Å². The molecule has 1 unspecified atom stereocenters. The van der Waals surface area contributed by atoms with Gasteiger partial charge in [0.05, 0.1) is 12.2 Å². The van der Waals surface area contributed by atoms with E-state index in [2.05, 4.69) is 27.1 Å². The van der Waals surface area contributed by atoms with E-state index in [9.17, 15) is 0 Å². The third-order valence-corrected chi connectivity index (χ3v) is 4.09. The molecule has 22 heavy (non-hydrogen) atoms. The predicted octanol–water partition coefficient (Wildman–Crippen LogP) is 1.04. The van der Waals surface area contributed by atoms with Gasteiger partial charge in [-0.2, -0.15) is 0 Å². The van der Waals surface area contributed by atoms with Gasteiger partial charge < -0.3 is 16.0 Å². The lowest BCUT2D eigenvalue weighted by Gasteiger charge is -2.23. The quantitative estimate of drug-likeness (QED) is 0.607. The maximum Gasteiger partial charge on any atom is 0.189 e. The molecule has 0 aliphatic carbocycles. The molecule has 0 amide bonds. The third kappa shape index (κ3) is 4.59. The van der Waals surface area contributed by atoms with Crippen LogP contribution in [0.25, 0.3) is 0 Å². The summed E-state index contributed by atoms with van der Waals surface area (Å²) in [5, 5.41) is 3.24. The SMILES string of the molecule is CCN1CCCC1CNC(N)=NCc1cccc(N(C)C)n1. The van der Waals surface area contributed by atoms with Gasteiger partial charge in [-0.3, -0.25) is 4.90 Å². The molecule has 1 saturated heterocycles. The highest BCUT2D eigenvalue weighted by Gasteiger charge is 2.22. The van der Waals surface area contributed by atoms with Crippen LogP contribution in [0.2, 0.25) is 0 Å². The van der Waals surface area contributed by atoms with Gasteiger partial charge in [-0.25, -0.2) is 9.98 Å². The number of hydrogen-bond acceptors (Lipinski definition) is 4. The summed E-state index contributed by atoms with van der Waals surface area (Å²) < 4.78 is 0. The van der Waals surface area contributed by atoms with Gasteiger partial charge in [0.15, 0.2) is 5.96 Å². The molecule has 0 bridgehead atoms. The number of likely N-dealkylation sites (N-methyl/N-ethyl adjacent to an activating group) is 1. The molecule has 1 aliphatic heterocycles. The Morgan fingerprint density at radius 3 is 3.05 bits per heavy atom. The second kappa shape index (κ2) is 7.98. The zero-order valence-electron chi connectivity index (χ0n) is 13.9. The van der Waals surface area contributed by atoms with Crippen molar-refractivity contribution in [2.45, 2.75) is 32.4 Å². The van der Waals surface area contributed by atoms with E-state index < -0.39 is 0 Å². The van der Waals surface area contributed by atoms with Crippen LogP contribution < -0.4 is 16.0 Å². The lowest BCUT2D eigenvalue weighted by molar-refractivity contribution is 0.267. The van der Waals surface area contributed by atoms with E-state index in [4.69, 9.17) is 5.73 Å². The lowest BCUT2D eigenvalue weighted by atomic mass is 10.2. The first kappa shape index (κ1) is 16.5. The average molecular weight is 304 g/mol. The fourth-order valence-electron chi connectivity index (χ4n) is 2.79. The Kier molecular flexibility index (Phi) is 6.00. The van der Waals surface area contributed by atoms with Crippen LogP contribution in [-0.4, -0.2) is 55.6 Å². The van der Waals surface area contributed by atoms with Crippen molar-refractivity contribution in [2.75, 3.05) is 38.6 Å². The number of nitrogens with one attached hydrogen (secondary N) is 1. The van der Waals surface area contributed by atoms with Crippen LogP contribution in [0.1, 0.15) is 25.5 Å². The maximum atomic E-state index is 5.97. The van der Waals surface area contributed by atoms with Crippen molar-refractivity contribution >= 4 is 11.8 Å². The Balaban J connectivity index is 1.83. The zero-order valence-corrected chi connectivity index (χ0v) is 13.9. The molecule has 0 aromatic carbocycles. The van der Waals surface area contributed by atoms with Crippen molar-refractivity contribution in [3.8, 4) is 0 Å². The average Bonchev–Trinajstić information content (AvgIpc) is 2.98. The summed E-state index contributed by atoms with van der Waals surface area (Å²) in [6.07, 6.45) is 2.51. The smallest absolute Gasteiger partial charge is 0.189 e. The van der Waals surface area contributed by atoms with Gasteiger partial charge in [-0.05, 0) is 38.1 Å². The number of nitrogens with two attached hydrogens (primary N) is 1. The minimum absolute atomic E-state index is 0.500. The van der Waals surface area contributed by atoms with E-state index in [1.165, 1.54) is 19.4 Å². The first-order valence-electron chi connectivity index (χ1n) is 8.01. The topological polar surface area (TPSA) is 69.8 Å². The number of nitrogens with zero attached hydrogens (tertiary/aromatic N) is 4. The van der Waals surface area contributed by atoms with Gasteiger partial charge >= 0.3 is 0 Å². The molecule has 1 aromatic heterocycles. The monoisotopic (exact) mass is 304 g/mol.